The van der Waals surface area contributed by atoms with E-state index >= 15 is 0 Å². The number of aromatic nitrogens is 1. The van der Waals surface area contributed by atoms with Gasteiger partial charge in [0.2, 0.25) is 0 Å². The summed E-state index contributed by atoms with van der Waals surface area (Å²) >= 11 is 0. The van der Waals surface area contributed by atoms with Crippen LogP contribution in [0.5, 0.6) is 5.75 Å². The molecule has 0 bridgehead atoms. The minimum atomic E-state index is -0.528. The molecular weight excluding hydrogens is 397 g/mol. The molecule has 3 aromatic rings. The molecule has 1 saturated carbocycles. The Morgan fingerprint density at radius 1 is 1.23 bits per heavy atom. The number of nitrogens with two attached hydrogens (primary N) is 1. The lowest BCUT2D eigenvalue weighted by Crippen LogP contribution is -2.18. The van der Waals surface area contributed by atoms with Crippen molar-refractivity contribution in [3.05, 3.63) is 42.5 Å². The highest BCUT2D eigenvalue weighted by Crippen LogP contribution is 2.44. The summed E-state index contributed by atoms with van der Waals surface area (Å²) in [7, 11) is 0. The largest absolute Gasteiger partial charge is 0.491 e. The molecule has 1 amide bonds. The van der Waals surface area contributed by atoms with Crippen LogP contribution in [0.4, 0.5) is 20.6 Å². The molecule has 3 N–H and O–H groups in total. The van der Waals surface area contributed by atoms with Crippen LogP contribution >= 0.6 is 0 Å². The normalized spacial score (nSPS) is 13.9. The van der Waals surface area contributed by atoms with Gasteiger partial charge in [0.05, 0.1) is 23.0 Å². The molecule has 0 atom stereocenters. The van der Waals surface area contributed by atoms with Gasteiger partial charge in [-0.1, -0.05) is 12.1 Å². The summed E-state index contributed by atoms with van der Waals surface area (Å²) in [5.41, 5.74) is 10.9. The van der Waals surface area contributed by atoms with Crippen molar-refractivity contribution in [1.82, 2.24) is 4.57 Å². The van der Waals surface area contributed by atoms with Gasteiger partial charge in [0.1, 0.15) is 19.0 Å². The van der Waals surface area contributed by atoms with E-state index in [-0.39, 0.29) is 12.7 Å². The van der Waals surface area contributed by atoms with Gasteiger partial charge in [0.15, 0.2) is 0 Å². The van der Waals surface area contributed by atoms with E-state index in [0.717, 1.165) is 35.0 Å². The predicted molar refractivity (Wildman–Crippen MR) is 121 cm³/mol. The number of benzene rings is 2. The van der Waals surface area contributed by atoms with E-state index in [9.17, 15) is 9.18 Å². The van der Waals surface area contributed by atoms with Crippen molar-refractivity contribution in [1.29, 1.82) is 0 Å². The number of rotatable bonds is 7. The van der Waals surface area contributed by atoms with E-state index in [1.54, 1.807) is 13.8 Å². The first-order valence-corrected chi connectivity index (χ1v) is 10.7. The zero-order valence-corrected chi connectivity index (χ0v) is 17.9. The molecule has 0 saturated heterocycles. The highest BCUT2D eigenvalue weighted by atomic mass is 19.1. The smallest absolute Gasteiger partial charge is 0.411 e. The molecule has 1 aliphatic carbocycles. The number of nitrogens with one attached hydrogen (secondary N) is 1. The summed E-state index contributed by atoms with van der Waals surface area (Å²) in [4.78, 5) is 11.9. The molecule has 1 fully saturated rings. The third kappa shape index (κ3) is 4.31. The Balaban J connectivity index is 1.71. The average molecular weight is 426 g/mol. The first-order chi connectivity index (χ1) is 15.0. The van der Waals surface area contributed by atoms with Crippen molar-refractivity contribution in [2.45, 2.75) is 45.3 Å². The van der Waals surface area contributed by atoms with Gasteiger partial charge in [0, 0.05) is 28.7 Å². The van der Waals surface area contributed by atoms with Gasteiger partial charge < -0.3 is 19.8 Å². The molecule has 164 valence electrons. The van der Waals surface area contributed by atoms with Crippen molar-refractivity contribution < 1.29 is 18.7 Å². The van der Waals surface area contributed by atoms with Crippen LogP contribution in [0.3, 0.4) is 0 Å². The Hall–Kier alpha value is -3.22. The van der Waals surface area contributed by atoms with Crippen molar-refractivity contribution >= 4 is 28.4 Å². The lowest BCUT2D eigenvalue weighted by molar-refractivity contribution is 0.130. The number of carbonyl (C=O) groups excluding carboxylic acids is 1. The number of nitrogen functional groups attached to an aromatic ring is 1. The number of amides is 1. The minimum Gasteiger partial charge on any atom is -0.491 e. The summed E-state index contributed by atoms with van der Waals surface area (Å²) in [6, 6.07) is 13.7. The third-order valence-electron chi connectivity index (χ3n) is 5.55. The summed E-state index contributed by atoms with van der Waals surface area (Å²) in [6.45, 7) is 3.11. The van der Waals surface area contributed by atoms with Crippen LogP contribution in [-0.4, -0.2) is 30.0 Å². The monoisotopic (exact) mass is 425 g/mol. The molecule has 0 radical (unpaired) electrons. The van der Waals surface area contributed by atoms with Crippen molar-refractivity contribution in [2.24, 2.45) is 0 Å². The second kappa shape index (κ2) is 8.88. The molecule has 4 rings (SSSR count). The van der Waals surface area contributed by atoms with Crippen LogP contribution in [0, 0.1) is 0 Å². The number of halogens is 1. The fraction of sp³-hybridized carbons (Fsp3) is 0.375. The van der Waals surface area contributed by atoms with Gasteiger partial charge in [-0.3, -0.25) is 5.32 Å². The molecule has 2 aromatic carbocycles. The Bertz CT molecular complexity index is 1070. The lowest BCUT2D eigenvalue weighted by Gasteiger charge is -2.30. The van der Waals surface area contributed by atoms with Crippen molar-refractivity contribution in [2.75, 3.05) is 24.3 Å². The van der Waals surface area contributed by atoms with E-state index in [0.29, 0.717) is 23.2 Å². The van der Waals surface area contributed by atoms with Crippen LogP contribution in [0.15, 0.2) is 42.5 Å². The van der Waals surface area contributed by atoms with Gasteiger partial charge in [-0.15, -0.1) is 0 Å². The molecule has 0 aliphatic heterocycles. The number of fused-ring (bicyclic) bond motifs is 1. The minimum absolute atomic E-state index is 0.0334. The van der Waals surface area contributed by atoms with Crippen molar-refractivity contribution in [3.8, 4) is 17.0 Å². The molecule has 1 aromatic heterocycles. The lowest BCUT2D eigenvalue weighted by atomic mass is 9.92. The summed E-state index contributed by atoms with van der Waals surface area (Å²) < 4.78 is 25.5. The standard InChI is InChI=1S/C24H28FN3O3/c1-15(2)31-24(29)27-17-8-6-16(7-9-17)23-22(26)20-11-10-19(30-13-12-25)14-21(20)28(23)18-4-3-5-18/h6-11,14-15,18H,3-5,12-13,26H2,1-2H3,(H,27,29). The number of alkyl halides is 1. The molecule has 7 heteroatoms. The highest BCUT2D eigenvalue weighted by molar-refractivity contribution is 6.01. The zero-order chi connectivity index (χ0) is 22.0. The predicted octanol–water partition coefficient (Wildman–Crippen LogP) is 5.92. The van der Waals surface area contributed by atoms with Gasteiger partial charge in [0.25, 0.3) is 0 Å². The van der Waals surface area contributed by atoms with Gasteiger partial charge >= 0.3 is 6.09 Å². The molecule has 1 aliphatic rings. The molecule has 0 spiro atoms. The Morgan fingerprint density at radius 2 is 1.97 bits per heavy atom. The molecular formula is C24H28FN3O3. The number of hydrogen-bond donors (Lipinski definition) is 2. The van der Waals surface area contributed by atoms with E-state index in [2.05, 4.69) is 9.88 Å². The van der Waals surface area contributed by atoms with E-state index in [4.69, 9.17) is 15.2 Å². The number of nitrogens with zero attached hydrogens (tertiary/aromatic N) is 1. The fourth-order valence-electron chi connectivity index (χ4n) is 3.95. The first kappa shape index (κ1) is 21.0. The van der Waals surface area contributed by atoms with Crippen molar-refractivity contribution in [3.63, 3.8) is 0 Å². The third-order valence-corrected chi connectivity index (χ3v) is 5.55. The number of hydrogen-bond acceptors (Lipinski definition) is 4. The van der Waals surface area contributed by atoms with Gasteiger partial charge in [-0.25, -0.2) is 9.18 Å². The van der Waals surface area contributed by atoms with Gasteiger partial charge in [-0.2, -0.15) is 0 Å². The van der Waals surface area contributed by atoms with Crippen LogP contribution in [0.1, 0.15) is 39.2 Å². The number of ether oxygens (including phenoxy) is 2. The van der Waals surface area contributed by atoms with E-state index < -0.39 is 12.8 Å². The summed E-state index contributed by atoms with van der Waals surface area (Å²) in [5, 5.41) is 3.69. The van der Waals surface area contributed by atoms with Gasteiger partial charge in [-0.05, 0) is 57.4 Å². The summed E-state index contributed by atoms with van der Waals surface area (Å²) in [5.74, 6) is 0.637. The SMILES string of the molecule is CC(C)OC(=O)Nc1ccc(-c2c(N)c3ccc(OCCF)cc3n2C2CCC2)cc1. The highest BCUT2D eigenvalue weighted by Gasteiger charge is 2.27. The van der Waals surface area contributed by atoms with Crippen LogP contribution in [-0.2, 0) is 4.74 Å². The Labute approximate surface area is 181 Å². The maximum Gasteiger partial charge on any atom is 0.411 e. The summed E-state index contributed by atoms with van der Waals surface area (Å²) in [6.07, 6.45) is 2.70. The average Bonchev–Trinajstić information content (AvgIpc) is 2.97. The Morgan fingerprint density at radius 3 is 2.58 bits per heavy atom. The van der Waals surface area contributed by atoms with Crippen LogP contribution in [0.25, 0.3) is 22.2 Å². The molecule has 0 unspecified atom stereocenters. The van der Waals surface area contributed by atoms with Crippen LogP contribution in [0.2, 0.25) is 0 Å². The second-order valence-corrected chi connectivity index (χ2v) is 8.09. The van der Waals surface area contributed by atoms with Crippen LogP contribution < -0.4 is 15.8 Å². The Kier molecular flexibility index (Phi) is 6.02. The maximum absolute atomic E-state index is 12.5. The molecule has 6 nitrogen and oxygen atoms in total. The zero-order valence-electron chi connectivity index (χ0n) is 17.9. The number of anilines is 2. The molecule has 1 heterocycles. The fourth-order valence-corrected chi connectivity index (χ4v) is 3.95. The second-order valence-electron chi connectivity index (χ2n) is 8.09. The number of carbonyl (C=O) groups is 1. The first-order valence-electron chi connectivity index (χ1n) is 10.7. The topological polar surface area (TPSA) is 78.5 Å². The quantitative estimate of drug-likeness (QED) is 0.492. The van der Waals surface area contributed by atoms with E-state index in [1.165, 1.54) is 6.42 Å². The van der Waals surface area contributed by atoms with E-state index in [1.807, 2.05) is 42.5 Å². The maximum atomic E-state index is 12.5. The molecule has 31 heavy (non-hydrogen) atoms.